The summed E-state index contributed by atoms with van der Waals surface area (Å²) in [6.45, 7) is 0.865. The minimum absolute atomic E-state index is 0.260. The van der Waals surface area contributed by atoms with E-state index in [0.717, 1.165) is 0 Å². The summed E-state index contributed by atoms with van der Waals surface area (Å²) in [5.41, 5.74) is 0. The van der Waals surface area contributed by atoms with Crippen LogP contribution in [0.25, 0.3) is 0 Å². The zero-order chi connectivity index (χ0) is 14.7. The number of hydrogen-bond acceptors (Lipinski definition) is 9. The van der Waals surface area contributed by atoms with Crippen molar-refractivity contribution in [1.82, 2.24) is 5.32 Å². The third kappa shape index (κ3) is 12.1. The van der Waals surface area contributed by atoms with Gasteiger partial charge in [-0.05, 0) is 0 Å². The molecule has 0 aromatic carbocycles. The lowest BCUT2D eigenvalue weighted by molar-refractivity contribution is -0.165. The van der Waals surface area contributed by atoms with E-state index < -0.39 is 37.5 Å². The molecule has 0 spiro atoms. The Hall–Kier alpha value is -2.16. The maximum absolute atomic E-state index is 11.0. The van der Waals surface area contributed by atoms with Gasteiger partial charge in [0.25, 0.3) is 0 Å². The molecule has 0 aliphatic heterocycles. The van der Waals surface area contributed by atoms with E-state index in [4.69, 9.17) is 0 Å². The van der Waals surface area contributed by atoms with Crippen molar-refractivity contribution in [2.75, 3.05) is 26.7 Å². The Kier molecular flexibility index (Phi) is 8.71. The van der Waals surface area contributed by atoms with Crippen LogP contribution in [0.5, 0.6) is 0 Å². The minimum Gasteiger partial charge on any atom is -0.428 e. The number of hydrogen-bond donors (Lipinski definition) is 1. The molecular weight excluding hydrogens is 262 g/mol. The molecule has 0 amide bonds. The van der Waals surface area contributed by atoms with Gasteiger partial charge < -0.3 is 18.9 Å². The molecule has 0 heterocycles. The van der Waals surface area contributed by atoms with Crippen molar-refractivity contribution in [3.8, 4) is 0 Å². The Balaban J connectivity index is 3.50. The molecule has 0 aromatic rings. The van der Waals surface area contributed by atoms with Gasteiger partial charge >= 0.3 is 23.9 Å². The molecule has 0 aliphatic carbocycles. The second kappa shape index (κ2) is 9.83. The molecule has 9 nitrogen and oxygen atoms in total. The third-order valence-electron chi connectivity index (χ3n) is 1.50. The predicted octanol–water partition coefficient (Wildman–Crippen LogP) is -1.30. The summed E-state index contributed by atoms with van der Waals surface area (Å²) in [5, 5.41) is 2.43. The second-order valence-corrected chi connectivity index (χ2v) is 3.14. The van der Waals surface area contributed by atoms with Gasteiger partial charge in [-0.2, -0.15) is 0 Å². The maximum Gasteiger partial charge on any atom is 0.322 e. The lowest BCUT2D eigenvalue weighted by Crippen LogP contribution is -2.31. The van der Waals surface area contributed by atoms with E-state index in [1.807, 2.05) is 0 Å². The van der Waals surface area contributed by atoms with Gasteiger partial charge in [0.05, 0.1) is 13.1 Å². The van der Waals surface area contributed by atoms with Gasteiger partial charge in [-0.3, -0.25) is 24.5 Å². The molecule has 0 saturated heterocycles. The largest absolute Gasteiger partial charge is 0.428 e. The Labute approximate surface area is 109 Å². The fourth-order valence-electron chi connectivity index (χ4n) is 0.725. The first-order valence-corrected chi connectivity index (χ1v) is 5.20. The minimum atomic E-state index is -0.700. The first kappa shape index (κ1) is 16.8. The molecule has 0 atom stereocenters. The average Bonchev–Trinajstić information content (AvgIpc) is 2.27. The fraction of sp³-hybridized carbons (Fsp3) is 0.600. The van der Waals surface area contributed by atoms with Crippen LogP contribution in [0.3, 0.4) is 0 Å². The quantitative estimate of drug-likeness (QED) is 0.426. The Morgan fingerprint density at radius 1 is 0.737 bits per heavy atom. The van der Waals surface area contributed by atoms with Crippen molar-refractivity contribution in [2.24, 2.45) is 0 Å². The Bertz CT molecular complexity index is 308. The molecular formula is C10H15NO8. The van der Waals surface area contributed by atoms with Crippen molar-refractivity contribution in [1.29, 1.82) is 0 Å². The normalized spacial score (nSPS) is 9.37. The molecule has 0 aliphatic rings. The van der Waals surface area contributed by atoms with Gasteiger partial charge in [0.2, 0.25) is 13.6 Å². The topological polar surface area (TPSA) is 117 Å². The van der Waals surface area contributed by atoms with E-state index in [-0.39, 0.29) is 13.1 Å². The van der Waals surface area contributed by atoms with Gasteiger partial charge in [-0.25, -0.2) is 0 Å². The van der Waals surface area contributed by atoms with Crippen molar-refractivity contribution in [3.63, 3.8) is 0 Å². The third-order valence-corrected chi connectivity index (χ3v) is 1.50. The van der Waals surface area contributed by atoms with E-state index in [1.54, 1.807) is 0 Å². The summed E-state index contributed by atoms with van der Waals surface area (Å²) in [4.78, 5) is 42.7. The molecule has 0 fully saturated rings. The van der Waals surface area contributed by atoms with Gasteiger partial charge in [0.1, 0.15) is 0 Å². The number of esters is 4. The molecule has 1 N–H and O–H groups in total. The van der Waals surface area contributed by atoms with Crippen LogP contribution in [-0.4, -0.2) is 50.6 Å². The smallest absolute Gasteiger partial charge is 0.322 e. The monoisotopic (exact) mass is 277 g/mol. The SMILES string of the molecule is CC(=O)OCOC(=O)CNCC(=O)OCOC(C)=O. The Morgan fingerprint density at radius 3 is 1.42 bits per heavy atom. The zero-order valence-electron chi connectivity index (χ0n) is 10.6. The molecule has 19 heavy (non-hydrogen) atoms. The van der Waals surface area contributed by atoms with Crippen LogP contribution < -0.4 is 5.32 Å². The van der Waals surface area contributed by atoms with Gasteiger partial charge in [-0.1, -0.05) is 0 Å². The highest BCUT2D eigenvalue weighted by Crippen LogP contribution is 1.83. The molecule has 0 radical (unpaired) electrons. The summed E-state index contributed by atoms with van der Waals surface area (Å²) in [6, 6.07) is 0. The molecule has 0 rings (SSSR count). The van der Waals surface area contributed by atoms with Crippen LogP contribution in [-0.2, 0) is 38.1 Å². The molecule has 0 unspecified atom stereocenters. The van der Waals surface area contributed by atoms with Gasteiger partial charge in [0, 0.05) is 13.8 Å². The summed E-state index contributed by atoms with van der Waals surface area (Å²) in [5.74, 6) is -2.55. The number of ether oxygens (including phenoxy) is 4. The summed E-state index contributed by atoms with van der Waals surface area (Å²) in [6.07, 6.45) is 0. The highest BCUT2D eigenvalue weighted by molar-refractivity contribution is 5.75. The summed E-state index contributed by atoms with van der Waals surface area (Å²) >= 11 is 0. The zero-order valence-corrected chi connectivity index (χ0v) is 10.6. The highest BCUT2D eigenvalue weighted by atomic mass is 16.7. The molecule has 0 bridgehead atoms. The molecule has 0 saturated carbocycles. The lowest BCUT2D eigenvalue weighted by atomic mass is 10.6. The van der Waals surface area contributed by atoms with Crippen LogP contribution in [0.15, 0.2) is 0 Å². The number of rotatable bonds is 8. The lowest BCUT2D eigenvalue weighted by Gasteiger charge is -2.06. The van der Waals surface area contributed by atoms with Crippen LogP contribution in [0.1, 0.15) is 13.8 Å². The van der Waals surface area contributed by atoms with Crippen LogP contribution in [0.4, 0.5) is 0 Å². The highest BCUT2D eigenvalue weighted by Gasteiger charge is 2.07. The second-order valence-electron chi connectivity index (χ2n) is 3.14. The fourth-order valence-corrected chi connectivity index (χ4v) is 0.725. The van der Waals surface area contributed by atoms with E-state index in [9.17, 15) is 19.2 Å². The number of carbonyl (C=O) groups excluding carboxylic acids is 4. The predicted molar refractivity (Wildman–Crippen MR) is 58.3 cm³/mol. The molecule has 0 aromatic heterocycles. The molecule has 9 heteroatoms. The van der Waals surface area contributed by atoms with Crippen LogP contribution in [0.2, 0.25) is 0 Å². The number of carbonyl (C=O) groups is 4. The standard InChI is InChI=1S/C10H15NO8/c1-7(12)16-5-18-9(14)3-11-4-10(15)19-6-17-8(2)13/h11H,3-6H2,1-2H3. The summed E-state index contributed by atoms with van der Waals surface area (Å²) in [7, 11) is 0. The molecule has 108 valence electrons. The summed E-state index contributed by atoms with van der Waals surface area (Å²) < 4.78 is 17.7. The maximum atomic E-state index is 11.0. The van der Waals surface area contributed by atoms with Crippen LogP contribution >= 0.6 is 0 Å². The van der Waals surface area contributed by atoms with Crippen molar-refractivity contribution >= 4 is 23.9 Å². The van der Waals surface area contributed by atoms with E-state index in [0.29, 0.717) is 0 Å². The first-order valence-electron chi connectivity index (χ1n) is 5.20. The first-order chi connectivity index (χ1) is 8.91. The average molecular weight is 277 g/mol. The van der Waals surface area contributed by atoms with Gasteiger partial charge in [0.15, 0.2) is 0 Å². The van der Waals surface area contributed by atoms with Crippen LogP contribution in [0, 0.1) is 0 Å². The van der Waals surface area contributed by atoms with E-state index in [2.05, 4.69) is 24.3 Å². The van der Waals surface area contributed by atoms with Crippen molar-refractivity contribution < 1.29 is 38.1 Å². The van der Waals surface area contributed by atoms with E-state index in [1.165, 1.54) is 13.8 Å². The van der Waals surface area contributed by atoms with Gasteiger partial charge in [-0.15, -0.1) is 0 Å². The number of nitrogens with one attached hydrogen (secondary N) is 1. The van der Waals surface area contributed by atoms with Crippen molar-refractivity contribution in [3.05, 3.63) is 0 Å². The van der Waals surface area contributed by atoms with E-state index >= 15 is 0 Å². The Morgan fingerprint density at radius 2 is 1.11 bits per heavy atom. The van der Waals surface area contributed by atoms with Crippen molar-refractivity contribution in [2.45, 2.75) is 13.8 Å².